The second-order valence-electron chi connectivity index (χ2n) is 5.66. The van der Waals surface area contributed by atoms with Gasteiger partial charge in [0.05, 0.1) is 11.0 Å². The number of hydrogen-bond acceptors (Lipinski definition) is 6. The summed E-state index contributed by atoms with van der Waals surface area (Å²) in [6.45, 7) is 4.96. The molecule has 0 aliphatic heterocycles. The van der Waals surface area contributed by atoms with E-state index < -0.39 is 28.6 Å². The molecule has 1 aromatic carbocycles. The number of nitrogens with zero attached hydrogens (tertiary/aromatic N) is 2. The molecule has 0 saturated heterocycles. The molecule has 1 atom stereocenters. The van der Waals surface area contributed by atoms with Crippen molar-refractivity contribution in [1.29, 1.82) is 0 Å². The minimum Gasteiger partial charge on any atom is -0.442 e. The number of carbonyl (C=O) groups is 2. The van der Waals surface area contributed by atoms with E-state index in [0.717, 1.165) is 0 Å². The third-order valence-electron chi connectivity index (χ3n) is 2.51. The largest absolute Gasteiger partial charge is 0.442 e. The zero-order valence-electron chi connectivity index (χ0n) is 12.6. The van der Waals surface area contributed by atoms with Crippen molar-refractivity contribution in [3.8, 4) is 0 Å². The molecule has 0 fully saturated rings. The van der Waals surface area contributed by atoms with E-state index in [1.165, 1.54) is 24.3 Å². The standard InChI is InChI=1S/C14H18N3O5/c1-14(2,3)22-13(19)16-12(18)11(15)8-9-4-6-10(7-5-9)17(20)21/h4-7,11H,8,15H2,1-3H3/t11-/m0/s1. The van der Waals surface area contributed by atoms with E-state index >= 15 is 0 Å². The maximum Gasteiger partial charge on any atom is 0.437 e. The third-order valence-corrected chi connectivity index (χ3v) is 2.51. The molecule has 8 nitrogen and oxygen atoms in total. The van der Waals surface area contributed by atoms with Gasteiger partial charge >= 0.3 is 6.09 Å². The second-order valence-corrected chi connectivity index (χ2v) is 5.66. The van der Waals surface area contributed by atoms with Gasteiger partial charge < -0.3 is 10.5 Å². The summed E-state index contributed by atoms with van der Waals surface area (Å²) in [5, 5.41) is 13.8. The SMILES string of the molecule is CC(C)(C)OC(=O)[N]C(=O)[C@@H](N)Cc1ccc([N+](=O)[O-])cc1. The zero-order chi connectivity index (χ0) is 16.9. The molecule has 1 rings (SSSR count). The molecule has 2 amide bonds. The van der Waals surface area contributed by atoms with E-state index in [2.05, 4.69) is 5.32 Å². The van der Waals surface area contributed by atoms with Crippen LogP contribution in [0.5, 0.6) is 0 Å². The summed E-state index contributed by atoms with van der Waals surface area (Å²) in [6.07, 6.45) is -0.875. The smallest absolute Gasteiger partial charge is 0.437 e. The van der Waals surface area contributed by atoms with Crippen molar-refractivity contribution in [2.75, 3.05) is 0 Å². The topological polar surface area (TPSA) is 127 Å². The Kier molecular flexibility index (Phi) is 5.58. The average Bonchev–Trinajstić information content (AvgIpc) is 2.36. The summed E-state index contributed by atoms with van der Waals surface area (Å²) < 4.78 is 4.89. The van der Waals surface area contributed by atoms with Crippen molar-refractivity contribution in [2.24, 2.45) is 5.73 Å². The van der Waals surface area contributed by atoms with E-state index in [1.807, 2.05) is 0 Å². The number of carbonyl (C=O) groups excluding carboxylic acids is 2. The Hall–Kier alpha value is -2.48. The lowest BCUT2D eigenvalue weighted by molar-refractivity contribution is -0.384. The fourth-order valence-electron chi connectivity index (χ4n) is 1.55. The number of amides is 2. The summed E-state index contributed by atoms with van der Waals surface area (Å²) in [5.41, 5.74) is 5.50. The molecule has 119 valence electrons. The van der Waals surface area contributed by atoms with Gasteiger partial charge in [-0.25, -0.2) is 4.79 Å². The number of ether oxygens (including phenoxy) is 1. The molecular weight excluding hydrogens is 290 g/mol. The molecule has 0 spiro atoms. The van der Waals surface area contributed by atoms with Gasteiger partial charge in [-0.2, -0.15) is 0 Å². The van der Waals surface area contributed by atoms with E-state index in [9.17, 15) is 19.7 Å². The Bertz CT molecular complexity index is 563. The quantitative estimate of drug-likeness (QED) is 0.663. The van der Waals surface area contributed by atoms with Gasteiger partial charge in [-0.1, -0.05) is 12.1 Å². The summed E-state index contributed by atoms with van der Waals surface area (Å²) in [7, 11) is 0. The van der Waals surface area contributed by atoms with Crippen molar-refractivity contribution < 1.29 is 19.2 Å². The Labute approximate surface area is 127 Å². The van der Waals surface area contributed by atoms with Gasteiger partial charge in [-0.05, 0) is 32.8 Å². The summed E-state index contributed by atoms with van der Waals surface area (Å²) >= 11 is 0. The molecule has 0 saturated carbocycles. The third kappa shape index (κ3) is 5.88. The molecule has 2 N–H and O–H groups in total. The van der Waals surface area contributed by atoms with Crippen molar-refractivity contribution in [3.63, 3.8) is 0 Å². The van der Waals surface area contributed by atoms with Crippen LogP contribution in [0.15, 0.2) is 24.3 Å². The molecule has 0 unspecified atom stereocenters. The minimum absolute atomic E-state index is 0.0536. The van der Waals surface area contributed by atoms with Crippen LogP contribution in [0.4, 0.5) is 10.5 Å². The highest BCUT2D eigenvalue weighted by Gasteiger charge is 2.23. The summed E-state index contributed by atoms with van der Waals surface area (Å²) in [6, 6.07) is 4.61. The Morgan fingerprint density at radius 3 is 2.32 bits per heavy atom. The molecule has 0 bridgehead atoms. The van der Waals surface area contributed by atoms with Crippen LogP contribution < -0.4 is 11.1 Å². The first-order valence-corrected chi connectivity index (χ1v) is 6.56. The van der Waals surface area contributed by atoms with Crippen LogP contribution in [-0.2, 0) is 16.0 Å². The number of hydrogen-bond donors (Lipinski definition) is 1. The van der Waals surface area contributed by atoms with Crippen LogP contribution in [-0.4, -0.2) is 28.6 Å². The zero-order valence-corrected chi connectivity index (χ0v) is 12.6. The van der Waals surface area contributed by atoms with Gasteiger partial charge in [0.2, 0.25) is 0 Å². The number of benzene rings is 1. The van der Waals surface area contributed by atoms with Gasteiger partial charge in [-0.15, -0.1) is 5.32 Å². The Morgan fingerprint density at radius 1 is 1.32 bits per heavy atom. The predicted octanol–water partition coefficient (Wildman–Crippen LogP) is 1.53. The molecule has 1 radical (unpaired) electrons. The van der Waals surface area contributed by atoms with Gasteiger partial charge in [0, 0.05) is 12.1 Å². The van der Waals surface area contributed by atoms with Gasteiger partial charge in [0.1, 0.15) is 5.60 Å². The first-order valence-electron chi connectivity index (χ1n) is 6.56. The molecule has 0 aromatic heterocycles. The van der Waals surface area contributed by atoms with E-state index in [0.29, 0.717) is 5.56 Å². The molecule has 0 aliphatic carbocycles. The van der Waals surface area contributed by atoms with E-state index in [-0.39, 0.29) is 12.1 Å². The first kappa shape index (κ1) is 17.6. The number of nitro groups is 1. The molecular formula is C14H18N3O5. The highest BCUT2D eigenvalue weighted by Crippen LogP contribution is 2.13. The van der Waals surface area contributed by atoms with Crippen LogP contribution in [0, 0.1) is 10.1 Å². The van der Waals surface area contributed by atoms with Crippen LogP contribution in [0.2, 0.25) is 0 Å². The van der Waals surface area contributed by atoms with Crippen molar-refractivity contribution in [1.82, 2.24) is 5.32 Å². The van der Waals surface area contributed by atoms with Crippen LogP contribution >= 0.6 is 0 Å². The normalized spacial score (nSPS) is 12.4. The average molecular weight is 308 g/mol. The Morgan fingerprint density at radius 2 is 1.86 bits per heavy atom. The number of non-ortho nitro benzene ring substituents is 1. The molecule has 22 heavy (non-hydrogen) atoms. The lowest BCUT2D eigenvalue weighted by Crippen LogP contribution is -2.42. The van der Waals surface area contributed by atoms with E-state index in [4.69, 9.17) is 10.5 Å². The molecule has 0 heterocycles. The molecule has 0 aliphatic rings. The maximum absolute atomic E-state index is 11.7. The highest BCUT2D eigenvalue weighted by molar-refractivity contribution is 5.94. The monoisotopic (exact) mass is 308 g/mol. The fourth-order valence-corrected chi connectivity index (χ4v) is 1.55. The number of nitrogens with two attached hydrogens (primary N) is 1. The van der Waals surface area contributed by atoms with E-state index in [1.54, 1.807) is 20.8 Å². The second kappa shape index (κ2) is 6.99. The van der Waals surface area contributed by atoms with Gasteiger partial charge in [-0.3, -0.25) is 14.9 Å². The minimum atomic E-state index is -1.02. The van der Waals surface area contributed by atoms with Crippen molar-refractivity contribution in [3.05, 3.63) is 39.9 Å². The van der Waals surface area contributed by atoms with Crippen LogP contribution in [0.3, 0.4) is 0 Å². The Balaban J connectivity index is 2.57. The predicted molar refractivity (Wildman–Crippen MR) is 78.2 cm³/mol. The van der Waals surface area contributed by atoms with Gasteiger partial charge in [0.25, 0.3) is 11.6 Å². The summed E-state index contributed by atoms with van der Waals surface area (Å²) in [5.74, 6) is -0.799. The number of imide groups is 1. The number of rotatable bonds is 4. The lowest BCUT2D eigenvalue weighted by Gasteiger charge is -2.19. The van der Waals surface area contributed by atoms with Crippen molar-refractivity contribution in [2.45, 2.75) is 38.8 Å². The number of nitro benzene ring substituents is 1. The molecule has 1 aromatic rings. The lowest BCUT2D eigenvalue weighted by atomic mass is 10.1. The van der Waals surface area contributed by atoms with Crippen molar-refractivity contribution >= 4 is 17.7 Å². The maximum atomic E-state index is 11.7. The summed E-state index contributed by atoms with van der Waals surface area (Å²) in [4.78, 5) is 33.1. The van der Waals surface area contributed by atoms with Crippen LogP contribution in [0.1, 0.15) is 26.3 Å². The van der Waals surface area contributed by atoms with Gasteiger partial charge in [0.15, 0.2) is 0 Å². The highest BCUT2D eigenvalue weighted by atomic mass is 16.6. The molecule has 8 heteroatoms. The van der Waals surface area contributed by atoms with Crippen LogP contribution in [0.25, 0.3) is 0 Å². The first-order chi connectivity index (χ1) is 10.1. The fraction of sp³-hybridized carbons (Fsp3) is 0.429.